The van der Waals surface area contributed by atoms with Crippen molar-refractivity contribution in [2.24, 2.45) is 0 Å². The molecule has 0 saturated carbocycles. The van der Waals surface area contributed by atoms with Crippen molar-refractivity contribution in [1.82, 2.24) is 34.9 Å². The van der Waals surface area contributed by atoms with Crippen LogP contribution in [0.5, 0.6) is 23.3 Å². The lowest BCUT2D eigenvalue weighted by molar-refractivity contribution is -0.138. The van der Waals surface area contributed by atoms with E-state index in [2.05, 4.69) is 30.6 Å². The second kappa shape index (κ2) is 17.9. The number of alkyl halides is 3. The van der Waals surface area contributed by atoms with Gasteiger partial charge in [0.1, 0.15) is 23.1 Å². The van der Waals surface area contributed by atoms with Crippen LogP contribution in [0.3, 0.4) is 0 Å². The minimum Gasteiger partial charge on any atom is -0.508 e. The van der Waals surface area contributed by atoms with Crippen molar-refractivity contribution < 1.29 is 43.2 Å². The maximum absolute atomic E-state index is 14.6. The number of aromatic nitrogens is 5. The standard InChI is InChI=1S/C46H47F3N10O6/c1-4-41(64)56-15-17-57(18-16-56)42-32-12-14-58(37-21-30(60)19-27-7-5-6-8-31(27)37)25-36(32)52-44(53-42)50-13-11-40(63)51-24-28-9-10-29(20-35(28)46(47,48)49)59-43(54-55-45(59)65)34-22-33(26(2)3)38(61)23-39(34)62/h5-11,13,19-23,26,60-62H,4,12,14-18,24-25H2,1-3H3,(H,51,63)(H,55,65)(H,50,52,53). The van der Waals surface area contributed by atoms with Crippen LogP contribution in [0.4, 0.5) is 30.6 Å². The van der Waals surface area contributed by atoms with Crippen molar-refractivity contribution in [2.45, 2.75) is 58.8 Å². The van der Waals surface area contributed by atoms with Crippen LogP contribution in [-0.2, 0) is 35.3 Å². The molecule has 2 aliphatic heterocycles. The number of nitrogens with one attached hydrogen (secondary N) is 2. The zero-order valence-electron chi connectivity index (χ0n) is 35.8. The Morgan fingerprint density at radius 3 is 2.38 bits per heavy atom. The van der Waals surface area contributed by atoms with E-state index in [4.69, 9.17) is 9.97 Å². The van der Waals surface area contributed by atoms with Crippen LogP contribution < -0.4 is 20.4 Å². The number of fused-ring (bicyclic) bond motifs is 2. The third kappa shape index (κ3) is 9.12. The average Bonchev–Trinajstić information content (AvgIpc) is 3.67. The smallest absolute Gasteiger partial charge is 0.416 e. The monoisotopic (exact) mass is 892 g/mol. The number of carbonyl (C=O) groups is 2. The van der Waals surface area contributed by atoms with Gasteiger partial charge in [0.05, 0.1) is 29.1 Å². The van der Waals surface area contributed by atoms with Crippen molar-refractivity contribution in [3.05, 3.63) is 107 Å². The molecule has 0 spiro atoms. The maximum Gasteiger partial charge on any atom is 0.416 e. The second-order valence-electron chi connectivity index (χ2n) is 16.2. The number of benzene rings is 4. The lowest BCUT2D eigenvalue weighted by Gasteiger charge is -2.38. The van der Waals surface area contributed by atoms with Gasteiger partial charge < -0.3 is 45.8 Å². The molecule has 0 atom stereocenters. The van der Waals surface area contributed by atoms with Crippen molar-refractivity contribution in [3.63, 3.8) is 0 Å². The Balaban J connectivity index is 1.01. The first kappa shape index (κ1) is 44.1. The predicted octanol–water partition coefficient (Wildman–Crippen LogP) is 6.71. The molecule has 19 heteroatoms. The van der Waals surface area contributed by atoms with Gasteiger partial charge in [-0.25, -0.2) is 9.55 Å². The van der Waals surface area contributed by atoms with E-state index in [-0.39, 0.29) is 51.9 Å². The van der Waals surface area contributed by atoms with Gasteiger partial charge >= 0.3 is 12.2 Å². The number of halogens is 3. The van der Waals surface area contributed by atoms with Gasteiger partial charge in [-0.05, 0) is 53.1 Å². The third-order valence-electron chi connectivity index (χ3n) is 11.7. The summed E-state index contributed by atoms with van der Waals surface area (Å²) in [7, 11) is 0. The molecule has 4 aromatic carbocycles. The quantitative estimate of drug-likeness (QED) is 0.0750. The Morgan fingerprint density at radius 1 is 0.877 bits per heavy atom. The first-order valence-electron chi connectivity index (χ1n) is 21.1. The number of phenols is 3. The molecular formula is C46H47F3N10O6. The summed E-state index contributed by atoms with van der Waals surface area (Å²) in [6, 6.07) is 16.2. The number of aromatic hydroxyl groups is 4. The number of nitrogens with zero attached hydrogens (tertiary/aromatic N) is 8. The number of carbonyl (C=O) groups excluding carboxylic acids is 2. The summed E-state index contributed by atoms with van der Waals surface area (Å²) >= 11 is 0. The summed E-state index contributed by atoms with van der Waals surface area (Å²) in [5.41, 5.74) is 1.44. The first-order valence-corrected chi connectivity index (χ1v) is 21.1. The molecule has 8 rings (SSSR count). The molecular weight excluding hydrogens is 846 g/mol. The molecule has 2 aromatic heterocycles. The highest BCUT2D eigenvalue weighted by Crippen LogP contribution is 2.41. The molecule has 1 saturated heterocycles. The summed E-state index contributed by atoms with van der Waals surface area (Å²) in [5, 5.41) is 57.1. The van der Waals surface area contributed by atoms with Gasteiger partial charge in [0, 0.05) is 86.7 Å². The Hall–Kier alpha value is -7.57. The lowest BCUT2D eigenvalue weighted by Crippen LogP contribution is -2.49. The summed E-state index contributed by atoms with van der Waals surface area (Å²) < 4.78 is 44.6. The van der Waals surface area contributed by atoms with Gasteiger partial charge in [-0.15, -0.1) is 5.10 Å². The van der Waals surface area contributed by atoms with Crippen LogP contribution in [0, 0.1) is 0 Å². The molecule has 6 N–H and O–H groups in total. The zero-order chi connectivity index (χ0) is 46.2. The van der Waals surface area contributed by atoms with Crippen molar-refractivity contribution in [1.29, 1.82) is 0 Å². The van der Waals surface area contributed by atoms with Crippen LogP contribution >= 0.6 is 0 Å². The molecule has 2 aliphatic rings. The normalized spacial score (nSPS) is 14.4. The van der Waals surface area contributed by atoms with Crippen LogP contribution in [0.2, 0.25) is 0 Å². The van der Waals surface area contributed by atoms with Gasteiger partial charge in [-0.3, -0.25) is 9.59 Å². The number of phenolic OH excluding ortho intramolecular Hbond substituents is 3. The number of amides is 2. The molecule has 1 fully saturated rings. The molecule has 2 amide bonds. The van der Waals surface area contributed by atoms with E-state index in [9.17, 15) is 43.2 Å². The van der Waals surface area contributed by atoms with E-state index in [0.717, 1.165) is 56.6 Å². The van der Waals surface area contributed by atoms with Crippen molar-refractivity contribution in [3.8, 4) is 40.3 Å². The fraction of sp³-hybridized carbons (Fsp3) is 0.304. The fourth-order valence-electron chi connectivity index (χ4n) is 8.35. The van der Waals surface area contributed by atoms with Crippen molar-refractivity contribution >= 4 is 40.0 Å². The molecule has 16 nitrogen and oxygen atoms in total. The van der Waals surface area contributed by atoms with Crippen LogP contribution in [0.15, 0.2) is 79.0 Å². The first-order chi connectivity index (χ1) is 31.1. The zero-order valence-corrected chi connectivity index (χ0v) is 35.8. The van der Waals surface area contributed by atoms with Crippen molar-refractivity contribution in [2.75, 3.05) is 47.8 Å². The second-order valence-corrected chi connectivity index (χ2v) is 16.2. The average molecular weight is 893 g/mol. The molecule has 338 valence electrons. The molecule has 0 unspecified atom stereocenters. The van der Waals surface area contributed by atoms with Gasteiger partial charge in [0.15, 0.2) is 5.82 Å². The highest BCUT2D eigenvalue weighted by Gasteiger charge is 2.35. The van der Waals surface area contributed by atoms with E-state index in [0.29, 0.717) is 63.5 Å². The lowest BCUT2D eigenvalue weighted by atomic mass is 9.98. The highest BCUT2D eigenvalue weighted by atomic mass is 19.4. The Labute approximate surface area is 371 Å². The fourth-order valence-corrected chi connectivity index (χ4v) is 8.35. The summed E-state index contributed by atoms with van der Waals surface area (Å²) in [4.78, 5) is 41.3. The van der Waals surface area contributed by atoms with Crippen LogP contribution in [-0.4, -0.2) is 94.6 Å². The molecule has 4 heterocycles. The van der Waals surface area contributed by atoms with Gasteiger partial charge in [-0.2, -0.15) is 18.2 Å². The number of piperazine rings is 1. The highest BCUT2D eigenvalue weighted by molar-refractivity contribution is 5.96. The van der Waals surface area contributed by atoms with Crippen LogP contribution in [0.1, 0.15) is 61.1 Å². The molecule has 0 aliphatic carbocycles. The topological polar surface area (TPSA) is 205 Å². The van der Waals surface area contributed by atoms with E-state index >= 15 is 0 Å². The number of anilines is 3. The number of rotatable bonds is 11. The Kier molecular flexibility index (Phi) is 12.1. The predicted molar refractivity (Wildman–Crippen MR) is 237 cm³/mol. The van der Waals surface area contributed by atoms with Gasteiger partial charge in [0.25, 0.3) is 0 Å². The van der Waals surface area contributed by atoms with Gasteiger partial charge in [0.2, 0.25) is 17.8 Å². The summed E-state index contributed by atoms with van der Waals surface area (Å²) in [6.45, 7) is 8.11. The maximum atomic E-state index is 14.6. The third-order valence-corrected chi connectivity index (χ3v) is 11.7. The molecule has 6 aromatic rings. The van der Waals surface area contributed by atoms with E-state index in [1.807, 2.05) is 36.1 Å². The van der Waals surface area contributed by atoms with E-state index in [1.54, 1.807) is 26.0 Å². The van der Waals surface area contributed by atoms with E-state index < -0.39 is 36.0 Å². The SMILES string of the molecule is CCC(=O)N1CCN(c2nc(NC=CC(=O)NCc3ccc(-n4c(O)nnc4-c4cc(C(C)C)c(O)cc4O)cc3C(F)(F)F)nc3c2CCN(c2cc(O)cc4ccccc24)C3)CC1. The van der Waals surface area contributed by atoms with Gasteiger partial charge in [-0.1, -0.05) is 56.2 Å². The Bertz CT molecular complexity index is 2820. The summed E-state index contributed by atoms with van der Waals surface area (Å²) in [5.74, 6) is -0.582. The molecule has 0 bridgehead atoms. The largest absolute Gasteiger partial charge is 0.508 e. The molecule has 0 radical (unpaired) electrons. The summed E-state index contributed by atoms with van der Waals surface area (Å²) in [6.07, 6.45) is -1.45. The number of hydrogen-bond acceptors (Lipinski definition) is 13. The van der Waals surface area contributed by atoms with Crippen LogP contribution in [0.25, 0.3) is 27.8 Å². The van der Waals surface area contributed by atoms with E-state index in [1.165, 1.54) is 18.3 Å². The minimum atomic E-state index is -4.88. The Morgan fingerprint density at radius 2 is 1.65 bits per heavy atom. The number of hydrogen-bond donors (Lipinski definition) is 6. The minimum absolute atomic E-state index is 0.0218. The molecule has 65 heavy (non-hydrogen) atoms.